The lowest BCUT2D eigenvalue weighted by Crippen LogP contribution is -1.85. The van der Waals surface area contributed by atoms with E-state index in [1.807, 2.05) is 27.7 Å². The van der Waals surface area contributed by atoms with Crippen molar-refractivity contribution in [1.82, 2.24) is 10.2 Å². The van der Waals surface area contributed by atoms with Crippen molar-refractivity contribution < 1.29 is 4.42 Å². The van der Waals surface area contributed by atoms with Crippen LogP contribution in [0.1, 0.15) is 66.2 Å². The van der Waals surface area contributed by atoms with E-state index in [1.165, 1.54) is 0 Å². The highest BCUT2D eigenvalue weighted by Gasteiger charge is 2.11. The zero-order valence-electron chi connectivity index (χ0n) is 7.46. The predicted molar refractivity (Wildman–Crippen MR) is 55.9 cm³/mol. The van der Waals surface area contributed by atoms with E-state index in [1.54, 1.807) is 0 Å². The first-order valence-corrected chi connectivity index (χ1v) is 3.94. The minimum Gasteiger partial charge on any atom is -0.425 e. The van der Waals surface area contributed by atoms with Gasteiger partial charge in [0.05, 0.1) is 0 Å². The van der Waals surface area contributed by atoms with E-state index >= 15 is 0 Å². The van der Waals surface area contributed by atoms with Crippen LogP contribution >= 0.6 is 0 Å². The molecule has 0 amide bonds. The Hall–Kier alpha value is -0.860. The van der Waals surface area contributed by atoms with Crippen LogP contribution in [-0.4, -0.2) is 10.2 Å². The highest BCUT2D eigenvalue weighted by molar-refractivity contribution is 4.90. The van der Waals surface area contributed by atoms with Crippen LogP contribution in [0.2, 0.25) is 0 Å². The molecule has 0 saturated heterocycles. The van der Waals surface area contributed by atoms with Crippen molar-refractivity contribution in [2.45, 2.75) is 54.4 Å². The van der Waals surface area contributed by atoms with E-state index in [0.717, 1.165) is 11.8 Å². The van der Waals surface area contributed by atoms with Crippen LogP contribution in [0.3, 0.4) is 0 Å². The van der Waals surface area contributed by atoms with Gasteiger partial charge in [0.2, 0.25) is 11.8 Å². The minimum atomic E-state index is 0. The molecular weight excluding hydrogens is 164 g/mol. The Bertz CT molecular complexity index is 206. The quantitative estimate of drug-likeness (QED) is 0.708. The van der Waals surface area contributed by atoms with Gasteiger partial charge in [-0.25, -0.2) is 0 Å². The second kappa shape index (κ2) is 5.73. The Morgan fingerprint density at radius 3 is 1.31 bits per heavy atom. The molecule has 78 valence electrons. The number of nitrogens with zero attached hydrogens (tertiary/aromatic N) is 2. The third-order valence-electron chi connectivity index (χ3n) is 1.44. The van der Waals surface area contributed by atoms with E-state index in [2.05, 4.69) is 10.2 Å². The molecule has 0 aromatic carbocycles. The van der Waals surface area contributed by atoms with Gasteiger partial charge in [-0.05, 0) is 0 Å². The summed E-state index contributed by atoms with van der Waals surface area (Å²) in [6.07, 6.45) is 0. The maximum absolute atomic E-state index is 5.38. The summed E-state index contributed by atoms with van der Waals surface area (Å²) in [6, 6.07) is 0. The summed E-state index contributed by atoms with van der Waals surface area (Å²) in [5.41, 5.74) is 0. The SMILES string of the molecule is C.C.CC(C)c1nnc(C(C)C)o1. The fraction of sp³-hybridized carbons (Fsp3) is 0.800. The molecule has 1 aromatic heterocycles. The van der Waals surface area contributed by atoms with Crippen LogP contribution in [0.5, 0.6) is 0 Å². The molecule has 0 aliphatic heterocycles. The van der Waals surface area contributed by atoms with E-state index in [0.29, 0.717) is 11.8 Å². The Balaban J connectivity index is 0. The van der Waals surface area contributed by atoms with Crippen molar-refractivity contribution in [3.8, 4) is 0 Å². The molecule has 0 spiro atoms. The lowest BCUT2D eigenvalue weighted by Gasteiger charge is -1.96. The molecule has 3 heteroatoms. The molecule has 1 heterocycles. The Labute approximate surface area is 81.6 Å². The zero-order valence-corrected chi connectivity index (χ0v) is 7.46. The molecule has 1 aromatic rings. The highest BCUT2D eigenvalue weighted by Crippen LogP contribution is 2.16. The second-order valence-electron chi connectivity index (χ2n) is 3.29. The summed E-state index contributed by atoms with van der Waals surface area (Å²) in [5.74, 6) is 2.12. The molecule has 0 N–H and O–H groups in total. The monoisotopic (exact) mass is 186 g/mol. The van der Waals surface area contributed by atoms with Crippen molar-refractivity contribution >= 4 is 0 Å². The van der Waals surface area contributed by atoms with Gasteiger partial charge in [-0.1, -0.05) is 42.5 Å². The van der Waals surface area contributed by atoms with Crippen molar-refractivity contribution in [3.05, 3.63) is 11.8 Å². The molecule has 0 saturated carbocycles. The molecule has 0 fully saturated rings. The summed E-state index contributed by atoms with van der Waals surface area (Å²) in [5, 5.41) is 7.84. The van der Waals surface area contributed by atoms with Gasteiger partial charge in [-0.15, -0.1) is 10.2 Å². The van der Waals surface area contributed by atoms with E-state index in [9.17, 15) is 0 Å². The fourth-order valence-corrected chi connectivity index (χ4v) is 0.713. The highest BCUT2D eigenvalue weighted by atomic mass is 16.4. The lowest BCUT2D eigenvalue weighted by molar-refractivity contribution is 0.417. The van der Waals surface area contributed by atoms with Crippen molar-refractivity contribution in [2.24, 2.45) is 0 Å². The topological polar surface area (TPSA) is 38.9 Å². The Kier molecular flexibility index (Phi) is 6.46. The molecule has 0 bridgehead atoms. The van der Waals surface area contributed by atoms with E-state index in [-0.39, 0.29) is 14.9 Å². The molecule has 0 radical (unpaired) electrons. The average Bonchev–Trinajstić information content (AvgIpc) is 2.33. The molecule has 0 atom stereocenters. The van der Waals surface area contributed by atoms with Crippen molar-refractivity contribution in [1.29, 1.82) is 0 Å². The maximum Gasteiger partial charge on any atom is 0.219 e. The molecule has 3 nitrogen and oxygen atoms in total. The van der Waals surface area contributed by atoms with Gasteiger partial charge in [-0.2, -0.15) is 0 Å². The largest absolute Gasteiger partial charge is 0.425 e. The minimum absolute atomic E-state index is 0. The summed E-state index contributed by atoms with van der Waals surface area (Å²) in [4.78, 5) is 0. The van der Waals surface area contributed by atoms with Gasteiger partial charge in [0.15, 0.2) is 0 Å². The van der Waals surface area contributed by atoms with Crippen LogP contribution < -0.4 is 0 Å². The molecule has 1 rings (SSSR count). The summed E-state index contributed by atoms with van der Waals surface area (Å²) in [6.45, 7) is 8.16. The first-order valence-electron chi connectivity index (χ1n) is 3.94. The number of hydrogen-bond donors (Lipinski definition) is 0. The molecule has 0 aliphatic rings. The Morgan fingerprint density at radius 2 is 1.15 bits per heavy atom. The number of hydrogen-bond acceptors (Lipinski definition) is 3. The third kappa shape index (κ3) is 3.57. The third-order valence-corrected chi connectivity index (χ3v) is 1.44. The van der Waals surface area contributed by atoms with E-state index in [4.69, 9.17) is 4.42 Å². The van der Waals surface area contributed by atoms with Gasteiger partial charge in [0, 0.05) is 11.8 Å². The van der Waals surface area contributed by atoms with Crippen molar-refractivity contribution in [2.75, 3.05) is 0 Å². The second-order valence-corrected chi connectivity index (χ2v) is 3.29. The van der Waals surface area contributed by atoms with Crippen LogP contribution in [-0.2, 0) is 0 Å². The molecule has 0 unspecified atom stereocenters. The molecule has 13 heavy (non-hydrogen) atoms. The van der Waals surface area contributed by atoms with Crippen LogP contribution in [0.15, 0.2) is 4.42 Å². The van der Waals surface area contributed by atoms with E-state index < -0.39 is 0 Å². The molecule has 0 aliphatic carbocycles. The van der Waals surface area contributed by atoms with Gasteiger partial charge in [-0.3, -0.25) is 0 Å². The first-order chi connectivity index (χ1) is 5.11. The van der Waals surface area contributed by atoms with Crippen LogP contribution in [0.25, 0.3) is 0 Å². The molecular formula is C10H22N2O. The maximum atomic E-state index is 5.38. The predicted octanol–water partition coefficient (Wildman–Crippen LogP) is 3.59. The standard InChI is InChI=1S/C8H14N2O.2CH4/c1-5(2)7-9-10-8(11-7)6(3)4;;/h5-6H,1-4H3;2*1H4. The Morgan fingerprint density at radius 1 is 0.846 bits per heavy atom. The van der Waals surface area contributed by atoms with Gasteiger partial charge in [0.1, 0.15) is 0 Å². The van der Waals surface area contributed by atoms with Gasteiger partial charge < -0.3 is 4.42 Å². The summed E-state index contributed by atoms with van der Waals surface area (Å²) < 4.78 is 5.38. The van der Waals surface area contributed by atoms with Gasteiger partial charge in [0.25, 0.3) is 0 Å². The smallest absolute Gasteiger partial charge is 0.219 e. The summed E-state index contributed by atoms with van der Waals surface area (Å²) in [7, 11) is 0. The van der Waals surface area contributed by atoms with Gasteiger partial charge >= 0.3 is 0 Å². The summed E-state index contributed by atoms with van der Waals surface area (Å²) >= 11 is 0. The van der Waals surface area contributed by atoms with Crippen LogP contribution in [0, 0.1) is 0 Å². The van der Waals surface area contributed by atoms with Crippen molar-refractivity contribution in [3.63, 3.8) is 0 Å². The first kappa shape index (κ1) is 14.7. The van der Waals surface area contributed by atoms with Crippen LogP contribution in [0.4, 0.5) is 0 Å². The number of rotatable bonds is 2. The normalized spacial score (nSPS) is 9.69. The zero-order chi connectivity index (χ0) is 8.43. The fourth-order valence-electron chi connectivity index (χ4n) is 0.713. The number of aromatic nitrogens is 2. The average molecular weight is 186 g/mol. The lowest BCUT2D eigenvalue weighted by atomic mass is 10.2.